The van der Waals surface area contributed by atoms with Gasteiger partial charge in [0.25, 0.3) is 5.91 Å². The summed E-state index contributed by atoms with van der Waals surface area (Å²) in [6, 6.07) is 15.3. The fraction of sp³-hybridized carbons (Fsp3) is 0.300. The fourth-order valence-electron chi connectivity index (χ4n) is 2.90. The Labute approximate surface area is 148 Å². The van der Waals surface area contributed by atoms with E-state index in [1.54, 1.807) is 11.0 Å². The summed E-state index contributed by atoms with van der Waals surface area (Å²) >= 11 is 0. The largest absolute Gasteiger partial charge is 0.374 e. The molecule has 0 saturated carbocycles. The van der Waals surface area contributed by atoms with E-state index in [0.29, 0.717) is 18.7 Å². The van der Waals surface area contributed by atoms with E-state index >= 15 is 0 Å². The SMILES string of the molecule is CCCCN1C(=O)CNc2cc(C(=O)NCc3ccccc3)ccc21. The van der Waals surface area contributed by atoms with Crippen LogP contribution in [-0.2, 0) is 11.3 Å². The van der Waals surface area contributed by atoms with Crippen LogP contribution in [-0.4, -0.2) is 24.9 Å². The monoisotopic (exact) mass is 337 g/mol. The van der Waals surface area contributed by atoms with Crippen molar-refractivity contribution in [1.82, 2.24) is 5.32 Å². The number of carbonyl (C=O) groups is 2. The first-order valence-electron chi connectivity index (χ1n) is 8.69. The zero-order chi connectivity index (χ0) is 17.6. The first kappa shape index (κ1) is 17.0. The highest BCUT2D eigenvalue weighted by Crippen LogP contribution is 2.30. The Balaban J connectivity index is 1.72. The maximum Gasteiger partial charge on any atom is 0.251 e. The van der Waals surface area contributed by atoms with Gasteiger partial charge in [-0.05, 0) is 30.2 Å². The number of hydrogen-bond acceptors (Lipinski definition) is 3. The normalized spacial score (nSPS) is 13.2. The van der Waals surface area contributed by atoms with Gasteiger partial charge in [-0.25, -0.2) is 0 Å². The minimum Gasteiger partial charge on any atom is -0.374 e. The molecule has 0 aliphatic carbocycles. The van der Waals surface area contributed by atoms with Crippen LogP contribution in [0.5, 0.6) is 0 Å². The van der Waals surface area contributed by atoms with E-state index in [-0.39, 0.29) is 18.4 Å². The Bertz CT molecular complexity index is 759. The number of fused-ring (bicyclic) bond motifs is 1. The molecule has 0 atom stereocenters. The summed E-state index contributed by atoms with van der Waals surface area (Å²) < 4.78 is 0. The topological polar surface area (TPSA) is 61.4 Å². The second kappa shape index (κ2) is 7.83. The lowest BCUT2D eigenvalue weighted by Gasteiger charge is -2.30. The van der Waals surface area contributed by atoms with Crippen molar-refractivity contribution in [1.29, 1.82) is 0 Å². The number of carbonyl (C=O) groups excluding carboxylic acids is 2. The van der Waals surface area contributed by atoms with Crippen molar-refractivity contribution in [2.75, 3.05) is 23.3 Å². The zero-order valence-electron chi connectivity index (χ0n) is 14.4. The third-order valence-corrected chi connectivity index (χ3v) is 4.31. The zero-order valence-corrected chi connectivity index (χ0v) is 14.4. The second-order valence-electron chi connectivity index (χ2n) is 6.15. The van der Waals surface area contributed by atoms with E-state index in [0.717, 1.165) is 29.8 Å². The lowest BCUT2D eigenvalue weighted by Crippen LogP contribution is -2.40. The van der Waals surface area contributed by atoms with Gasteiger partial charge in [-0.1, -0.05) is 43.7 Å². The second-order valence-corrected chi connectivity index (χ2v) is 6.15. The van der Waals surface area contributed by atoms with Crippen molar-refractivity contribution in [3.8, 4) is 0 Å². The number of anilines is 2. The van der Waals surface area contributed by atoms with Crippen LogP contribution in [0.25, 0.3) is 0 Å². The number of hydrogen-bond donors (Lipinski definition) is 2. The van der Waals surface area contributed by atoms with Crippen LogP contribution in [0.3, 0.4) is 0 Å². The summed E-state index contributed by atoms with van der Waals surface area (Å²) in [4.78, 5) is 26.3. The minimum absolute atomic E-state index is 0.0715. The first-order valence-corrected chi connectivity index (χ1v) is 8.69. The van der Waals surface area contributed by atoms with Crippen LogP contribution >= 0.6 is 0 Å². The smallest absolute Gasteiger partial charge is 0.251 e. The Morgan fingerprint density at radius 3 is 2.76 bits per heavy atom. The molecule has 0 saturated heterocycles. The maximum atomic E-state index is 12.4. The molecule has 0 aromatic heterocycles. The van der Waals surface area contributed by atoms with Gasteiger partial charge in [0.2, 0.25) is 5.91 Å². The number of unbranched alkanes of at least 4 members (excludes halogenated alkanes) is 1. The summed E-state index contributed by atoms with van der Waals surface area (Å²) in [6.07, 6.45) is 2.00. The molecule has 0 spiro atoms. The molecule has 1 aliphatic heterocycles. The molecule has 5 nitrogen and oxygen atoms in total. The highest BCUT2D eigenvalue weighted by Gasteiger charge is 2.24. The average Bonchev–Trinajstić information content (AvgIpc) is 2.66. The lowest BCUT2D eigenvalue weighted by molar-refractivity contribution is -0.117. The van der Waals surface area contributed by atoms with E-state index < -0.39 is 0 Å². The number of nitrogens with one attached hydrogen (secondary N) is 2. The Morgan fingerprint density at radius 1 is 1.20 bits per heavy atom. The van der Waals surface area contributed by atoms with E-state index in [2.05, 4.69) is 17.6 Å². The van der Waals surface area contributed by atoms with Gasteiger partial charge < -0.3 is 15.5 Å². The first-order chi connectivity index (χ1) is 12.2. The van der Waals surface area contributed by atoms with Crippen molar-refractivity contribution >= 4 is 23.2 Å². The number of nitrogens with zero attached hydrogens (tertiary/aromatic N) is 1. The molecule has 3 rings (SSSR count). The van der Waals surface area contributed by atoms with Gasteiger partial charge >= 0.3 is 0 Å². The Hall–Kier alpha value is -2.82. The number of amides is 2. The van der Waals surface area contributed by atoms with Gasteiger partial charge in [-0.2, -0.15) is 0 Å². The van der Waals surface area contributed by atoms with Gasteiger partial charge in [0.05, 0.1) is 17.9 Å². The molecule has 1 aliphatic rings. The molecule has 2 amide bonds. The molecule has 2 aromatic rings. The molecule has 130 valence electrons. The van der Waals surface area contributed by atoms with Gasteiger partial charge in [0.1, 0.15) is 0 Å². The number of rotatable bonds is 6. The molecule has 0 fully saturated rings. The highest BCUT2D eigenvalue weighted by atomic mass is 16.2. The Morgan fingerprint density at radius 2 is 2.00 bits per heavy atom. The average molecular weight is 337 g/mol. The van der Waals surface area contributed by atoms with Crippen LogP contribution in [0.15, 0.2) is 48.5 Å². The molecule has 1 heterocycles. The van der Waals surface area contributed by atoms with Gasteiger partial charge in [0, 0.05) is 18.7 Å². The quantitative estimate of drug-likeness (QED) is 0.851. The summed E-state index contributed by atoms with van der Waals surface area (Å²) in [6.45, 7) is 3.58. The Kier molecular flexibility index (Phi) is 5.33. The van der Waals surface area contributed by atoms with Crippen LogP contribution in [0, 0.1) is 0 Å². The van der Waals surface area contributed by atoms with Gasteiger partial charge in [0.15, 0.2) is 0 Å². The van der Waals surface area contributed by atoms with Crippen molar-refractivity contribution in [2.45, 2.75) is 26.3 Å². The molecule has 25 heavy (non-hydrogen) atoms. The van der Waals surface area contributed by atoms with E-state index in [1.807, 2.05) is 42.5 Å². The van der Waals surface area contributed by atoms with Crippen LogP contribution in [0.4, 0.5) is 11.4 Å². The van der Waals surface area contributed by atoms with Crippen molar-refractivity contribution in [3.63, 3.8) is 0 Å². The summed E-state index contributed by atoms with van der Waals surface area (Å²) in [5.41, 5.74) is 3.34. The summed E-state index contributed by atoms with van der Waals surface area (Å²) in [5.74, 6) is -0.0484. The molecule has 0 unspecified atom stereocenters. The fourth-order valence-corrected chi connectivity index (χ4v) is 2.90. The highest BCUT2D eigenvalue weighted by molar-refractivity contribution is 6.04. The standard InChI is InChI=1S/C20H23N3O2/c1-2-3-11-23-18-10-9-16(12-17(18)21-14-19(23)24)20(25)22-13-15-7-5-4-6-8-15/h4-10,12,21H,2-3,11,13-14H2,1H3,(H,22,25). The molecular formula is C20H23N3O2. The van der Waals surface area contributed by atoms with E-state index in [4.69, 9.17) is 0 Å². The van der Waals surface area contributed by atoms with Gasteiger partial charge in [-0.3, -0.25) is 9.59 Å². The van der Waals surface area contributed by atoms with Crippen LogP contribution in [0.1, 0.15) is 35.7 Å². The van der Waals surface area contributed by atoms with Crippen LogP contribution < -0.4 is 15.5 Å². The maximum absolute atomic E-state index is 12.4. The molecule has 5 heteroatoms. The molecule has 2 aromatic carbocycles. The predicted molar refractivity (Wildman–Crippen MR) is 99.8 cm³/mol. The third-order valence-electron chi connectivity index (χ3n) is 4.31. The molecule has 2 N–H and O–H groups in total. The summed E-state index contributed by atoms with van der Waals surface area (Å²) in [7, 11) is 0. The van der Waals surface area contributed by atoms with E-state index in [1.165, 1.54) is 0 Å². The predicted octanol–water partition coefficient (Wildman–Crippen LogP) is 3.18. The number of benzene rings is 2. The van der Waals surface area contributed by atoms with Crippen molar-refractivity contribution in [2.24, 2.45) is 0 Å². The van der Waals surface area contributed by atoms with Crippen LogP contribution in [0.2, 0.25) is 0 Å². The van der Waals surface area contributed by atoms with Crippen molar-refractivity contribution in [3.05, 3.63) is 59.7 Å². The summed E-state index contributed by atoms with van der Waals surface area (Å²) in [5, 5.41) is 6.05. The third kappa shape index (κ3) is 3.99. The van der Waals surface area contributed by atoms with Crippen molar-refractivity contribution < 1.29 is 9.59 Å². The lowest BCUT2D eigenvalue weighted by atomic mass is 10.1. The van der Waals surface area contributed by atoms with Gasteiger partial charge in [-0.15, -0.1) is 0 Å². The molecule has 0 radical (unpaired) electrons. The molecule has 0 bridgehead atoms. The minimum atomic E-state index is -0.120. The van der Waals surface area contributed by atoms with E-state index in [9.17, 15) is 9.59 Å². The molecular weight excluding hydrogens is 314 g/mol.